The summed E-state index contributed by atoms with van der Waals surface area (Å²) >= 11 is 3.19. The van der Waals surface area contributed by atoms with E-state index in [4.69, 9.17) is 0 Å². The van der Waals surface area contributed by atoms with Crippen molar-refractivity contribution in [1.29, 1.82) is 0 Å². The molecule has 0 heterocycles. The second-order valence-corrected chi connectivity index (χ2v) is 5.18. The van der Waals surface area contributed by atoms with Crippen LogP contribution in [-0.2, 0) is 6.54 Å². The van der Waals surface area contributed by atoms with E-state index in [1.54, 1.807) is 18.2 Å². The zero-order valence-corrected chi connectivity index (χ0v) is 12.3. The van der Waals surface area contributed by atoms with E-state index in [2.05, 4.69) is 21.2 Å². The monoisotopic (exact) mass is 350 g/mol. The minimum absolute atomic E-state index is 0.00405. The Labute approximate surface area is 128 Å². The molecule has 2 N–H and O–H groups in total. The number of nitro groups is 1. The van der Waals surface area contributed by atoms with Gasteiger partial charge in [-0.1, -0.05) is 28.1 Å². The Morgan fingerprint density at radius 2 is 1.90 bits per heavy atom. The molecule has 0 bridgehead atoms. The second kappa shape index (κ2) is 6.36. The highest BCUT2D eigenvalue weighted by Crippen LogP contribution is 2.22. The second-order valence-electron chi connectivity index (χ2n) is 4.27. The highest BCUT2D eigenvalue weighted by atomic mass is 79.9. The molecule has 108 valence electrons. The molecule has 0 aliphatic heterocycles. The molecule has 0 fully saturated rings. The summed E-state index contributed by atoms with van der Waals surface area (Å²) in [4.78, 5) is 22.0. The molecular formula is C14H11BrN2O4. The van der Waals surface area contributed by atoms with Gasteiger partial charge in [-0.15, -0.1) is 0 Å². The minimum atomic E-state index is -0.484. The zero-order chi connectivity index (χ0) is 15.4. The number of hydrogen-bond donors (Lipinski definition) is 2. The van der Waals surface area contributed by atoms with Crippen LogP contribution >= 0.6 is 15.9 Å². The molecule has 0 aliphatic carbocycles. The topological polar surface area (TPSA) is 92.5 Å². The van der Waals surface area contributed by atoms with Gasteiger partial charge in [-0.25, -0.2) is 0 Å². The Kier molecular flexibility index (Phi) is 4.54. The predicted octanol–water partition coefficient (Wildman–Crippen LogP) is 2.99. The number of aromatic hydroxyl groups is 1. The van der Waals surface area contributed by atoms with Crippen LogP contribution in [0.3, 0.4) is 0 Å². The van der Waals surface area contributed by atoms with Gasteiger partial charge in [-0.05, 0) is 23.8 Å². The number of halogens is 1. The van der Waals surface area contributed by atoms with Gasteiger partial charge in [0.05, 0.1) is 10.5 Å². The average molecular weight is 351 g/mol. The maximum atomic E-state index is 11.9. The molecular weight excluding hydrogens is 340 g/mol. The third-order valence-electron chi connectivity index (χ3n) is 2.80. The summed E-state index contributed by atoms with van der Waals surface area (Å²) < 4.78 is 0.673. The van der Waals surface area contributed by atoms with Gasteiger partial charge in [0.1, 0.15) is 5.75 Å². The molecule has 0 aliphatic rings. The molecule has 0 unspecified atom stereocenters. The van der Waals surface area contributed by atoms with E-state index in [1.807, 2.05) is 0 Å². The van der Waals surface area contributed by atoms with Gasteiger partial charge in [0, 0.05) is 23.2 Å². The fraction of sp³-hybridized carbons (Fsp3) is 0.0714. The molecule has 0 spiro atoms. The lowest BCUT2D eigenvalue weighted by molar-refractivity contribution is -0.384. The molecule has 21 heavy (non-hydrogen) atoms. The van der Waals surface area contributed by atoms with Crippen LogP contribution < -0.4 is 5.32 Å². The number of carbonyl (C=O) groups is 1. The highest BCUT2D eigenvalue weighted by Gasteiger charge is 2.11. The zero-order valence-electron chi connectivity index (χ0n) is 10.7. The summed E-state index contributed by atoms with van der Waals surface area (Å²) in [5.41, 5.74) is 0.890. The lowest BCUT2D eigenvalue weighted by atomic mass is 10.1. The number of non-ortho nitro benzene ring substituents is 1. The van der Waals surface area contributed by atoms with Gasteiger partial charge in [-0.2, -0.15) is 0 Å². The van der Waals surface area contributed by atoms with Crippen molar-refractivity contribution in [3.63, 3.8) is 0 Å². The lowest BCUT2D eigenvalue weighted by Gasteiger charge is -2.07. The first kappa shape index (κ1) is 15.0. The number of hydrogen-bond acceptors (Lipinski definition) is 4. The number of nitro benzene ring substituents is 1. The maximum Gasteiger partial charge on any atom is 0.269 e. The number of nitrogens with one attached hydrogen (secondary N) is 1. The highest BCUT2D eigenvalue weighted by molar-refractivity contribution is 9.10. The first-order chi connectivity index (χ1) is 9.97. The predicted molar refractivity (Wildman–Crippen MR) is 80.1 cm³/mol. The molecule has 0 aromatic heterocycles. The van der Waals surface area contributed by atoms with Crippen LogP contribution in [0.5, 0.6) is 5.75 Å². The summed E-state index contributed by atoms with van der Waals surface area (Å²) in [7, 11) is 0. The van der Waals surface area contributed by atoms with E-state index in [-0.39, 0.29) is 23.5 Å². The molecule has 0 saturated carbocycles. The van der Waals surface area contributed by atoms with Crippen molar-refractivity contribution in [2.24, 2.45) is 0 Å². The molecule has 2 rings (SSSR count). The number of amides is 1. The van der Waals surface area contributed by atoms with E-state index in [9.17, 15) is 20.0 Å². The van der Waals surface area contributed by atoms with Crippen LogP contribution in [0.2, 0.25) is 0 Å². The van der Waals surface area contributed by atoms with Gasteiger partial charge < -0.3 is 10.4 Å². The van der Waals surface area contributed by atoms with Crippen LogP contribution in [-0.4, -0.2) is 15.9 Å². The van der Waals surface area contributed by atoms with Crippen molar-refractivity contribution in [3.8, 4) is 5.75 Å². The van der Waals surface area contributed by atoms with Crippen LogP contribution in [0.4, 0.5) is 5.69 Å². The Balaban J connectivity index is 2.02. The largest absolute Gasteiger partial charge is 0.507 e. The van der Waals surface area contributed by atoms with Crippen LogP contribution in [0, 0.1) is 10.1 Å². The summed E-state index contributed by atoms with van der Waals surface area (Å²) in [6.45, 7) is 0.215. The number of benzene rings is 2. The molecule has 0 saturated heterocycles. The van der Waals surface area contributed by atoms with Gasteiger partial charge in [-0.3, -0.25) is 14.9 Å². The third-order valence-corrected chi connectivity index (χ3v) is 3.30. The Bertz CT molecular complexity index is 686. The normalized spacial score (nSPS) is 10.1. The van der Waals surface area contributed by atoms with Crippen molar-refractivity contribution in [2.75, 3.05) is 0 Å². The third kappa shape index (κ3) is 3.79. The molecule has 2 aromatic rings. The molecule has 0 atom stereocenters. The van der Waals surface area contributed by atoms with Gasteiger partial charge in [0.15, 0.2) is 0 Å². The molecule has 2 aromatic carbocycles. The van der Waals surface area contributed by atoms with E-state index in [1.165, 1.54) is 24.3 Å². The standard InChI is InChI=1S/C14H11BrN2O4/c15-10-3-6-12(13(18)7-10)14(19)16-8-9-1-4-11(5-2-9)17(20)21/h1-7,18H,8H2,(H,16,19). The summed E-state index contributed by atoms with van der Waals surface area (Å²) in [5.74, 6) is -0.538. The molecule has 6 nitrogen and oxygen atoms in total. The number of nitrogens with zero attached hydrogens (tertiary/aromatic N) is 1. The fourth-order valence-electron chi connectivity index (χ4n) is 1.71. The Morgan fingerprint density at radius 1 is 1.24 bits per heavy atom. The first-order valence-corrected chi connectivity index (χ1v) is 6.76. The smallest absolute Gasteiger partial charge is 0.269 e. The summed E-state index contributed by atoms with van der Waals surface area (Å²) in [5, 5.41) is 22.9. The Morgan fingerprint density at radius 3 is 2.48 bits per heavy atom. The van der Waals surface area contributed by atoms with E-state index in [0.717, 1.165) is 5.56 Å². The van der Waals surface area contributed by atoms with Crippen molar-refractivity contribution in [3.05, 3.63) is 68.2 Å². The van der Waals surface area contributed by atoms with Crippen LogP contribution in [0.15, 0.2) is 46.9 Å². The average Bonchev–Trinajstić information content (AvgIpc) is 2.45. The minimum Gasteiger partial charge on any atom is -0.507 e. The summed E-state index contributed by atoms with van der Waals surface area (Å²) in [6, 6.07) is 10.5. The molecule has 7 heteroatoms. The number of phenols is 1. The van der Waals surface area contributed by atoms with Crippen molar-refractivity contribution >= 4 is 27.5 Å². The van der Waals surface area contributed by atoms with Gasteiger partial charge >= 0.3 is 0 Å². The summed E-state index contributed by atoms with van der Waals surface area (Å²) in [6.07, 6.45) is 0. The fourth-order valence-corrected chi connectivity index (χ4v) is 2.06. The number of phenolic OH excluding ortho intramolecular Hbond substituents is 1. The van der Waals surface area contributed by atoms with E-state index >= 15 is 0 Å². The number of carbonyl (C=O) groups excluding carboxylic acids is 1. The lowest BCUT2D eigenvalue weighted by Crippen LogP contribution is -2.22. The van der Waals surface area contributed by atoms with Crippen LogP contribution in [0.25, 0.3) is 0 Å². The molecule has 0 radical (unpaired) electrons. The quantitative estimate of drug-likeness (QED) is 0.654. The van der Waals surface area contributed by atoms with Crippen molar-refractivity contribution in [1.82, 2.24) is 5.32 Å². The SMILES string of the molecule is O=C(NCc1ccc([N+](=O)[O-])cc1)c1ccc(Br)cc1O. The maximum absolute atomic E-state index is 11.9. The van der Waals surface area contributed by atoms with Gasteiger partial charge in [0.2, 0.25) is 0 Å². The van der Waals surface area contributed by atoms with Crippen molar-refractivity contribution in [2.45, 2.75) is 6.54 Å². The Hall–Kier alpha value is -2.41. The number of rotatable bonds is 4. The van der Waals surface area contributed by atoms with Crippen molar-refractivity contribution < 1.29 is 14.8 Å². The molecule has 1 amide bonds. The van der Waals surface area contributed by atoms with Gasteiger partial charge in [0.25, 0.3) is 11.6 Å². The van der Waals surface area contributed by atoms with E-state index < -0.39 is 10.8 Å². The van der Waals surface area contributed by atoms with Crippen LogP contribution in [0.1, 0.15) is 15.9 Å². The van der Waals surface area contributed by atoms with E-state index in [0.29, 0.717) is 4.47 Å². The first-order valence-electron chi connectivity index (χ1n) is 5.97.